The van der Waals surface area contributed by atoms with Gasteiger partial charge in [-0.15, -0.1) is 0 Å². The van der Waals surface area contributed by atoms with Crippen LogP contribution in [0.5, 0.6) is 0 Å². The molecule has 2 N–H and O–H groups in total. The van der Waals surface area contributed by atoms with Crippen LogP contribution in [-0.2, 0) is 0 Å². The van der Waals surface area contributed by atoms with E-state index in [0.29, 0.717) is 16.9 Å². The Morgan fingerprint density at radius 3 is 2.60 bits per heavy atom. The van der Waals surface area contributed by atoms with Crippen molar-refractivity contribution < 1.29 is 0 Å². The molecule has 1 aromatic rings. The first-order valence-electron chi connectivity index (χ1n) is 5.11. The fraction of sp³-hybridized carbons (Fsp3) is 0.600. The maximum absolute atomic E-state index is 6.05. The molecule has 1 saturated heterocycles. The summed E-state index contributed by atoms with van der Waals surface area (Å²) in [7, 11) is 0. The predicted octanol–water partition coefficient (Wildman–Crippen LogP) is 1.80. The molecule has 4 nitrogen and oxygen atoms in total. The molecule has 0 aliphatic carbocycles. The summed E-state index contributed by atoms with van der Waals surface area (Å²) >= 11 is 6.05. The van der Waals surface area contributed by atoms with Crippen molar-refractivity contribution in [3.05, 3.63) is 11.2 Å². The van der Waals surface area contributed by atoms with Gasteiger partial charge in [0.15, 0.2) is 5.82 Å². The Kier molecular flexibility index (Phi) is 2.69. The van der Waals surface area contributed by atoms with Crippen LogP contribution in [0.15, 0.2) is 6.20 Å². The summed E-state index contributed by atoms with van der Waals surface area (Å²) in [6.45, 7) is 6.45. The molecule has 1 aliphatic rings. The Labute approximate surface area is 94.5 Å². The van der Waals surface area contributed by atoms with E-state index < -0.39 is 0 Å². The van der Waals surface area contributed by atoms with Crippen molar-refractivity contribution in [1.29, 1.82) is 0 Å². The number of aromatic nitrogens is 2. The minimum Gasteiger partial charge on any atom is -0.368 e. The Morgan fingerprint density at radius 2 is 2.00 bits per heavy atom. The van der Waals surface area contributed by atoms with E-state index in [9.17, 15) is 0 Å². The molecule has 0 aromatic carbocycles. The van der Waals surface area contributed by atoms with Crippen molar-refractivity contribution >= 4 is 23.4 Å². The lowest BCUT2D eigenvalue weighted by molar-refractivity contribution is 0.494. The van der Waals surface area contributed by atoms with E-state index in [0.717, 1.165) is 18.9 Å². The van der Waals surface area contributed by atoms with Crippen LogP contribution in [0.2, 0.25) is 5.02 Å². The molecule has 2 heterocycles. The van der Waals surface area contributed by atoms with Gasteiger partial charge in [0.05, 0.1) is 6.20 Å². The van der Waals surface area contributed by atoms with Crippen LogP contribution in [0, 0.1) is 11.8 Å². The monoisotopic (exact) mass is 226 g/mol. The number of hydrogen-bond acceptors (Lipinski definition) is 4. The van der Waals surface area contributed by atoms with Crippen LogP contribution in [0.3, 0.4) is 0 Å². The number of hydrogen-bond donors (Lipinski definition) is 1. The van der Waals surface area contributed by atoms with Gasteiger partial charge in [-0.05, 0) is 11.8 Å². The maximum Gasteiger partial charge on any atom is 0.222 e. The minimum absolute atomic E-state index is 0.279. The molecule has 1 aliphatic heterocycles. The zero-order chi connectivity index (χ0) is 11.0. The molecule has 2 unspecified atom stereocenters. The van der Waals surface area contributed by atoms with Crippen molar-refractivity contribution in [2.24, 2.45) is 11.8 Å². The standard InChI is InChI=1S/C10H15ClN4/c1-6-4-15(5-7(6)2)9-8(11)3-13-10(12)14-9/h3,6-7H,4-5H2,1-2H3,(H2,12,13,14). The predicted molar refractivity (Wildman–Crippen MR) is 62.0 cm³/mol. The molecule has 0 radical (unpaired) electrons. The Balaban J connectivity index is 2.27. The van der Waals surface area contributed by atoms with Gasteiger partial charge in [-0.3, -0.25) is 0 Å². The molecule has 0 saturated carbocycles. The zero-order valence-electron chi connectivity index (χ0n) is 8.94. The smallest absolute Gasteiger partial charge is 0.222 e. The third kappa shape index (κ3) is 2.00. The normalized spacial score (nSPS) is 25.9. The van der Waals surface area contributed by atoms with E-state index in [-0.39, 0.29) is 5.95 Å². The van der Waals surface area contributed by atoms with Crippen molar-refractivity contribution in [2.45, 2.75) is 13.8 Å². The number of halogens is 1. The summed E-state index contributed by atoms with van der Waals surface area (Å²) < 4.78 is 0. The average molecular weight is 227 g/mol. The molecule has 82 valence electrons. The molecule has 1 aromatic heterocycles. The Hall–Kier alpha value is -1.03. The van der Waals surface area contributed by atoms with Crippen LogP contribution in [0.25, 0.3) is 0 Å². The van der Waals surface area contributed by atoms with Gasteiger partial charge in [0.25, 0.3) is 0 Å². The molecular formula is C10H15ClN4. The summed E-state index contributed by atoms with van der Waals surface area (Å²) in [4.78, 5) is 10.2. The van der Waals surface area contributed by atoms with Gasteiger partial charge >= 0.3 is 0 Å². The van der Waals surface area contributed by atoms with Gasteiger partial charge in [-0.25, -0.2) is 4.98 Å². The average Bonchev–Trinajstić information content (AvgIpc) is 2.51. The van der Waals surface area contributed by atoms with Crippen molar-refractivity contribution in [2.75, 3.05) is 23.7 Å². The number of nitrogens with two attached hydrogens (primary N) is 1. The van der Waals surface area contributed by atoms with E-state index in [2.05, 4.69) is 28.7 Å². The van der Waals surface area contributed by atoms with Crippen LogP contribution in [0.4, 0.5) is 11.8 Å². The molecule has 2 rings (SSSR count). The summed E-state index contributed by atoms with van der Waals surface area (Å²) in [6.07, 6.45) is 1.56. The topological polar surface area (TPSA) is 55.0 Å². The second-order valence-electron chi connectivity index (χ2n) is 4.26. The van der Waals surface area contributed by atoms with Gasteiger partial charge in [0.2, 0.25) is 5.95 Å². The Bertz CT molecular complexity index is 358. The number of nitrogens with zero attached hydrogens (tertiary/aromatic N) is 3. The van der Waals surface area contributed by atoms with Crippen LogP contribution >= 0.6 is 11.6 Å². The van der Waals surface area contributed by atoms with E-state index in [1.54, 1.807) is 6.20 Å². The first kappa shape index (κ1) is 10.5. The fourth-order valence-corrected chi connectivity index (χ4v) is 2.11. The van der Waals surface area contributed by atoms with E-state index >= 15 is 0 Å². The van der Waals surface area contributed by atoms with Crippen LogP contribution < -0.4 is 10.6 Å². The molecule has 15 heavy (non-hydrogen) atoms. The van der Waals surface area contributed by atoms with Gasteiger partial charge < -0.3 is 10.6 Å². The summed E-state index contributed by atoms with van der Waals surface area (Å²) in [6, 6.07) is 0. The van der Waals surface area contributed by atoms with Gasteiger partial charge in [-0.1, -0.05) is 25.4 Å². The second kappa shape index (κ2) is 3.85. The highest BCUT2D eigenvalue weighted by Gasteiger charge is 2.28. The maximum atomic E-state index is 6.05. The molecule has 0 bridgehead atoms. The summed E-state index contributed by atoms with van der Waals surface area (Å²) in [5.41, 5.74) is 5.56. The summed E-state index contributed by atoms with van der Waals surface area (Å²) in [5, 5.41) is 0.575. The van der Waals surface area contributed by atoms with Gasteiger partial charge in [-0.2, -0.15) is 4.98 Å². The lowest BCUT2D eigenvalue weighted by atomic mass is 10.0. The van der Waals surface area contributed by atoms with Crippen molar-refractivity contribution in [3.8, 4) is 0 Å². The largest absolute Gasteiger partial charge is 0.368 e. The highest BCUT2D eigenvalue weighted by atomic mass is 35.5. The van der Waals surface area contributed by atoms with Crippen LogP contribution in [-0.4, -0.2) is 23.1 Å². The quantitative estimate of drug-likeness (QED) is 0.794. The van der Waals surface area contributed by atoms with Gasteiger partial charge in [0, 0.05) is 13.1 Å². The molecule has 1 fully saturated rings. The molecule has 0 spiro atoms. The lowest BCUT2D eigenvalue weighted by Gasteiger charge is -2.18. The fourth-order valence-electron chi connectivity index (χ4n) is 1.90. The number of nitrogen functional groups attached to an aromatic ring is 1. The first-order chi connectivity index (χ1) is 7.08. The number of anilines is 2. The number of rotatable bonds is 1. The SMILES string of the molecule is CC1CN(c2nc(N)ncc2Cl)CC1C. The van der Waals surface area contributed by atoms with E-state index in [4.69, 9.17) is 17.3 Å². The Morgan fingerprint density at radius 1 is 1.40 bits per heavy atom. The third-order valence-electron chi connectivity index (χ3n) is 3.03. The molecular weight excluding hydrogens is 212 g/mol. The van der Waals surface area contributed by atoms with E-state index in [1.807, 2.05) is 0 Å². The van der Waals surface area contributed by atoms with Crippen molar-refractivity contribution in [3.63, 3.8) is 0 Å². The highest BCUT2D eigenvalue weighted by Crippen LogP contribution is 2.30. The van der Waals surface area contributed by atoms with E-state index in [1.165, 1.54) is 0 Å². The zero-order valence-corrected chi connectivity index (χ0v) is 9.70. The molecule has 0 amide bonds. The minimum atomic E-state index is 0.279. The summed E-state index contributed by atoms with van der Waals surface area (Å²) in [5.74, 6) is 2.37. The van der Waals surface area contributed by atoms with Crippen LogP contribution in [0.1, 0.15) is 13.8 Å². The van der Waals surface area contributed by atoms with Crippen molar-refractivity contribution in [1.82, 2.24) is 9.97 Å². The second-order valence-corrected chi connectivity index (χ2v) is 4.67. The highest BCUT2D eigenvalue weighted by molar-refractivity contribution is 6.32. The molecule has 5 heteroatoms. The molecule has 2 atom stereocenters. The van der Waals surface area contributed by atoms with Gasteiger partial charge in [0.1, 0.15) is 5.02 Å². The lowest BCUT2D eigenvalue weighted by Crippen LogP contribution is -2.21. The third-order valence-corrected chi connectivity index (χ3v) is 3.30. The first-order valence-corrected chi connectivity index (χ1v) is 5.48.